The molecule has 0 aliphatic heterocycles. The van der Waals surface area contributed by atoms with Crippen LogP contribution in [0.2, 0.25) is 0 Å². The van der Waals surface area contributed by atoms with Gasteiger partial charge in [0.15, 0.2) is 0 Å². The van der Waals surface area contributed by atoms with Crippen LogP contribution in [-0.2, 0) is 11.3 Å². The van der Waals surface area contributed by atoms with Gasteiger partial charge >= 0.3 is 0 Å². The van der Waals surface area contributed by atoms with Crippen molar-refractivity contribution in [1.29, 1.82) is 0 Å². The monoisotopic (exact) mass is 424 g/mol. The van der Waals surface area contributed by atoms with Crippen LogP contribution in [0.25, 0.3) is 0 Å². The van der Waals surface area contributed by atoms with Crippen LogP contribution in [0, 0.1) is 13.8 Å². The molecule has 5 nitrogen and oxygen atoms in total. The summed E-state index contributed by atoms with van der Waals surface area (Å²) < 4.78 is 11.8. The summed E-state index contributed by atoms with van der Waals surface area (Å²) in [7, 11) is 1.59. The molecule has 0 amide bonds. The maximum absolute atomic E-state index is 6.05. The Morgan fingerprint density at radius 3 is 2.45 bits per heavy atom. The number of hydrogen-bond acceptors (Lipinski definition) is 5. The Kier molecular flexibility index (Phi) is 11.3. The lowest BCUT2D eigenvalue weighted by Gasteiger charge is -2.14. The van der Waals surface area contributed by atoms with E-state index in [9.17, 15) is 0 Å². The second-order valence-corrected chi connectivity index (χ2v) is 7.50. The first-order chi connectivity index (χ1) is 15.1. The van der Waals surface area contributed by atoms with E-state index in [2.05, 4.69) is 36.5 Å². The highest BCUT2D eigenvalue weighted by Gasteiger charge is 2.07. The van der Waals surface area contributed by atoms with Crippen LogP contribution in [0.4, 0.5) is 0 Å². The third kappa shape index (κ3) is 9.26. The van der Waals surface area contributed by atoms with E-state index in [0.29, 0.717) is 13.2 Å². The highest BCUT2D eigenvalue weighted by molar-refractivity contribution is 5.87. The molecular formula is C26H36N2O3. The Bertz CT molecular complexity index is 809. The van der Waals surface area contributed by atoms with Gasteiger partial charge in [-0.25, -0.2) is 0 Å². The molecule has 0 aromatic heterocycles. The van der Waals surface area contributed by atoms with Gasteiger partial charge in [-0.15, -0.1) is 0 Å². The number of allylic oxidation sites excluding steroid dienone is 1. The number of ether oxygens (including phenoxy) is 2. The fourth-order valence-corrected chi connectivity index (χ4v) is 3.31. The van der Waals surface area contributed by atoms with Gasteiger partial charge in [0.2, 0.25) is 0 Å². The molecule has 0 bridgehead atoms. The number of hydrogen-bond donors (Lipinski definition) is 1. The highest BCUT2D eigenvalue weighted by Crippen LogP contribution is 2.28. The number of oxime groups is 1. The van der Waals surface area contributed by atoms with Crippen LogP contribution in [0.3, 0.4) is 0 Å². The zero-order valence-corrected chi connectivity index (χ0v) is 19.3. The smallest absolute Gasteiger partial charge is 0.125 e. The van der Waals surface area contributed by atoms with Crippen LogP contribution in [0.15, 0.2) is 59.8 Å². The van der Waals surface area contributed by atoms with Crippen molar-refractivity contribution in [2.75, 3.05) is 33.4 Å². The van der Waals surface area contributed by atoms with Gasteiger partial charge in [0.1, 0.15) is 25.2 Å². The van der Waals surface area contributed by atoms with Crippen molar-refractivity contribution in [3.8, 4) is 11.5 Å². The summed E-state index contributed by atoms with van der Waals surface area (Å²) in [6.45, 7) is 9.04. The summed E-state index contributed by atoms with van der Waals surface area (Å²) in [4.78, 5) is 4.99. The van der Waals surface area contributed by atoms with E-state index >= 15 is 0 Å². The maximum Gasteiger partial charge on any atom is 0.125 e. The first kappa shape index (κ1) is 24.5. The van der Waals surface area contributed by atoms with E-state index in [1.807, 2.05) is 49.4 Å². The molecule has 0 atom stereocenters. The number of rotatable bonds is 14. The first-order valence-corrected chi connectivity index (χ1v) is 11.0. The van der Waals surface area contributed by atoms with Crippen LogP contribution in [0.1, 0.15) is 36.5 Å². The van der Waals surface area contributed by atoms with Crippen molar-refractivity contribution >= 4 is 5.71 Å². The number of aryl methyl sites for hydroxylation is 2. The normalized spacial score (nSPS) is 11.7. The third-order valence-corrected chi connectivity index (χ3v) is 4.81. The lowest BCUT2D eigenvalue weighted by molar-refractivity contribution is 0.212. The predicted octanol–water partition coefficient (Wildman–Crippen LogP) is 5.25. The number of nitrogens with one attached hydrogen (secondary N) is 1. The summed E-state index contributed by atoms with van der Waals surface area (Å²) in [6.07, 6.45) is 6.79. The van der Waals surface area contributed by atoms with Crippen LogP contribution >= 0.6 is 0 Å². The minimum Gasteiger partial charge on any atom is -0.493 e. The maximum atomic E-state index is 6.05. The van der Waals surface area contributed by atoms with Gasteiger partial charge in [-0.3, -0.25) is 0 Å². The minimum atomic E-state index is 0.588. The zero-order valence-electron chi connectivity index (χ0n) is 19.3. The molecule has 0 aliphatic carbocycles. The first-order valence-electron chi connectivity index (χ1n) is 11.0. The Balaban J connectivity index is 1.68. The van der Waals surface area contributed by atoms with Gasteiger partial charge in [-0.05, 0) is 69.0 Å². The molecule has 0 aliphatic rings. The number of unbranched alkanes of at least 4 members (excludes halogenated alkanes) is 1. The van der Waals surface area contributed by atoms with E-state index in [4.69, 9.17) is 14.3 Å². The van der Waals surface area contributed by atoms with Gasteiger partial charge in [-0.1, -0.05) is 47.6 Å². The fourth-order valence-electron chi connectivity index (χ4n) is 3.31. The standard InChI is InChI=1S/C26H36N2O3/c1-5-6-15-30-25-17-21(2)26(22(3)18-25)31-16-11-10-14-27-20-24(28-29-4)19-23-12-8-7-9-13-23/h5-9,12-13,17-18,27H,10-11,14-16,19-20H2,1-4H3/b6-5+,28-24+. The summed E-state index contributed by atoms with van der Waals surface area (Å²) in [5.41, 5.74) is 4.44. The molecule has 5 heteroatoms. The highest BCUT2D eigenvalue weighted by atomic mass is 16.6. The predicted molar refractivity (Wildman–Crippen MR) is 128 cm³/mol. The van der Waals surface area contributed by atoms with Crippen molar-refractivity contribution in [2.24, 2.45) is 5.16 Å². The Morgan fingerprint density at radius 1 is 1.03 bits per heavy atom. The molecule has 0 saturated heterocycles. The van der Waals surface area contributed by atoms with Gasteiger partial charge in [0.05, 0.1) is 12.3 Å². The summed E-state index contributed by atoms with van der Waals surface area (Å²) in [5, 5.41) is 7.61. The molecule has 2 aromatic carbocycles. The van der Waals surface area contributed by atoms with E-state index in [1.54, 1.807) is 7.11 Å². The van der Waals surface area contributed by atoms with Crippen molar-refractivity contribution in [2.45, 2.75) is 40.0 Å². The lowest BCUT2D eigenvalue weighted by Crippen LogP contribution is -2.26. The molecule has 0 heterocycles. The largest absolute Gasteiger partial charge is 0.493 e. The van der Waals surface area contributed by atoms with Crippen LogP contribution in [-0.4, -0.2) is 39.1 Å². The molecule has 2 rings (SSSR count). The zero-order chi connectivity index (χ0) is 22.3. The van der Waals surface area contributed by atoms with Crippen molar-refractivity contribution < 1.29 is 14.3 Å². The van der Waals surface area contributed by atoms with E-state index in [0.717, 1.165) is 60.7 Å². The average Bonchev–Trinajstić information content (AvgIpc) is 2.75. The molecular weight excluding hydrogens is 388 g/mol. The summed E-state index contributed by atoms with van der Waals surface area (Å²) >= 11 is 0. The molecule has 1 N–H and O–H groups in total. The molecule has 2 aromatic rings. The van der Waals surface area contributed by atoms with Gasteiger partial charge in [-0.2, -0.15) is 0 Å². The topological polar surface area (TPSA) is 52.1 Å². The average molecular weight is 425 g/mol. The van der Waals surface area contributed by atoms with E-state index < -0.39 is 0 Å². The van der Waals surface area contributed by atoms with Crippen molar-refractivity contribution in [1.82, 2.24) is 5.32 Å². The summed E-state index contributed by atoms with van der Waals surface area (Å²) in [5.74, 6) is 1.84. The Morgan fingerprint density at radius 2 is 1.77 bits per heavy atom. The lowest BCUT2D eigenvalue weighted by atomic mass is 10.1. The molecule has 168 valence electrons. The van der Waals surface area contributed by atoms with Gasteiger partial charge in [0, 0.05) is 13.0 Å². The Labute approximate surface area is 187 Å². The molecule has 31 heavy (non-hydrogen) atoms. The molecule has 0 fully saturated rings. The SMILES string of the molecule is C/C=C/COc1cc(C)c(OCCCCNC/C(Cc2ccccc2)=N/OC)c(C)c1. The van der Waals surface area contributed by atoms with E-state index in [1.165, 1.54) is 5.56 Å². The fraction of sp³-hybridized carbons (Fsp3) is 0.423. The second-order valence-electron chi connectivity index (χ2n) is 7.50. The van der Waals surface area contributed by atoms with E-state index in [-0.39, 0.29) is 0 Å². The molecule has 0 spiro atoms. The minimum absolute atomic E-state index is 0.588. The van der Waals surface area contributed by atoms with Gasteiger partial charge < -0.3 is 19.6 Å². The molecule has 0 unspecified atom stereocenters. The van der Waals surface area contributed by atoms with Crippen molar-refractivity contribution in [3.05, 3.63) is 71.3 Å². The van der Waals surface area contributed by atoms with Gasteiger partial charge in [0.25, 0.3) is 0 Å². The van der Waals surface area contributed by atoms with Crippen LogP contribution < -0.4 is 14.8 Å². The number of nitrogens with zero attached hydrogens (tertiary/aromatic N) is 1. The van der Waals surface area contributed by atoms with Crippen molar-refractivity contribution in [3.63, 3.8) is 0 Å². The quantitative estimate of drug-likeness (QED) is 0.195. The third-order valence-electron chi connectivity index (χ3n) is 4.81. The Hall–Kier alpha value is -2.79. The number of benzene rings is 2. The second kappa shape index (κ2) is 14.3. The molecule has 0 radical (unpaired) electrons. The van der Waals surface area contributed by atoms with Crippen LogP contribution in [0.5, 0.6) is 11.5 Å². The summed E-state index contributed by atoms with van der Waals surface area (Å²) in [6, 6.07) is 14.4. The molecule has 0 saturated carbocycles.